The molecule has 0 bridgehead atoms. The first-order valence-electron chi connectivity index (χ1n) is 9.85. The number of sulfone groups is 1. The zero-order valence-corrected chi connectivity index (χ0v) is 19.7. The number of nitrogens with one attached hydrogen (secondary N) is 1. The number of halogens is 1. The third kappa shape index (κ3) is 4.75. The third-order valence-corrected chi connectivity index (χ3v) is 7.50. The Balaban J connectivity index is 1.80. The molecule has 8 heteroatoms. The van der Waals surface area contributed by atoms with Gasteiger partial charge in [0.1, 0.15) is 0 Å². The van der Waals surface area contributed by atoms with E-state index < -0.39 is 9.84 Å². The van der Waals surface area contributed by atoms with Crippen LogP contribution in [0.15, 0.2) is 39.7 Å². The molecule has 0 atom stereocenters. The van der Waals surface area contributed by atoms with Gasteiger partial charge < -0.3 is 10.2 Å². The SMILES string of the molecule is CCC(=O)N1CCc2cc(Br)cc(S(=O)(=O)CCC(=O)Nc3ccc(C)c(C)c3)c21. The lowest BCUT2D eigenvalue weighted by atomic mass is 10.1. The molecule has 1 heterocycles. The summed E-state index contributed by atoms with van der Waals surface area (Å²) >= 11 is 3.37. The molecule has 1 aliphatic heterocycles. The van der Waals surface area contributed by atoms with Crippen LogP contribution in [0.3, 0.4) is 0 Å². The van der Waals surface area contributed by atoms with Gasteiger partial charge in [-0.05, 0) is 61.2 Å². The van der Waals surface area contributed by atoms with Gasteiger partial charge in [0.15, 0.2) is 9.84 Å². The maximum Gasteiger partial charge on any atom is 0.226 e. The Bertz CT molecular complexity index is 1110. The van der Waals surface area contributed by atoms with Crippen molar-refractivity contribution in [3.63, 3.8) is 0 Å². The summed E-state index contributed by atoms with van der Waals surface area (Å²) in [5.41, 5.74) is 4.09. The molecule has 0 saturated heterocycles. The molecule has 6 nitrogen and oxygen atoms in total. The van der Waals surface area contributed by atoms with Gasteiger partial charge in [0.05, 0.1) is 16.3 Å². The molecule has 2 aromatic carbocycles. The normalized spacial score (nSPS) is 13.3. The van der Waals surface area contributed by atoms with Crippen LogP contribution in [0.2, 0.25) is 0 Å². The first kappa shape index (κ1) is 22.5. The largest absolute Gasteiger partial charge is 0.326 e. The molecule has 2 aromatic rings. The summed E-state index contributed by atoms with van der Waals surface area (Å²) in [4.78, 5) is 26.3. The maximum absolute atomic E-state index is 13.1. The molecule has 0 spiro atoms. The number of aryl methyl sites for hydroxylation is 2. The number of amides is 2. The number of hydrogen-bond acceptors (Lipinski definition) is 4. The summed E-state index contributed by atoms with van der Waals surface area (Å²) in [5, 5.41) is 2.76. The molecule has 0 saturated carbocycles. The quantitative estimate of drug-likeness (QED) is 0.655. The summed E-state index contributed by atoms with van der Waals surface area (Å²) in [6, 6.07) is 8.94. The van der Waals surface area contributed by atoms with Crippen LogP contribution in [0.1, 0.15) is 36.5 Å². The molecule has 0 unspecified atom stereocenters. The lowest BCUT2D eigenvalue weighted by Crippen LogP contribution is -2.29. The fraction of sp³-hybridized carbons (Fsp3) is 0.364. The van der Waals surface area contributed by atoms with E-state index >= 15 is 0 Å². The number of carbonyl (C=O) groups excluding carboxylic acids is 2. The fourth-order valence-electron chi connectivity index (χ4n) is 3.53. The van der Waals surface area contributed by atoms with Gasteiger partial charge in [0.2, 0.25) is 11.8 Å². The van der Waals surface area contributed by atoms with E-state index in [1.165, 1.54) is 6.07 Å². The van der Waals surface area contributed by atoms with E-state index in [1.807, 2.05) is 32.0 Å². The molecule has 0 radical (unpaired) electrons. The van der Waals surface area contributed by atoms with Gasteiger partial charge in [0, 0.05) is 29.5 Å². The summed E-state index contributed by atoms with van der Waals surface area (Å²) in [6.45, 7) is 6.15. The van der Waals surface area contributed by atoms with Gasteiger partial charge in [0.25, 0.3) is 0 Å². The van der Waals surface area contributed by atoms with Crippen LogP contribution < -0.4 is 10.2 Å². The minimum atomic E-state index is -3.77. The zero-order valence-electron chi connectivity index (χ0n) is 17.3. The monoisotopic (exact) mass is 492 g/mol. The van der Waals surface area contributed by atoms with Crippen LogP contribution >= 0.6 is 15.9 Å². The van der Waals surface area contributed by atoms with E-state index in [1.54, 1.807) is 17.9 Å². The minimum Gasteiger partial charge on any atom is -0.326 e. The highest BCUT2D eigenvalue weighted by molar-refractivity contribution is 9.10. The number of carbonyl (C=O) groups is 2. The smallest absolute Gasteiger partial charge is 0.226 e. The first-order valence-corrected chi connectivity index (χ1v) is 12.3. The Morgan fingerprint density at radius 2 is 1.87 bits per heavy atom. The number of anilines is 2. The van der Waals surface area contributed by atoms with Gasteiger partial charge in [-0.2, -0.15) is 0 Å². The van der Waals surface area contributed by atoms with Gasteiger partial charge >= 0.3 is 0 Å². The summed E-state index contributed by atoms with van der Waals surface area (Å²) in [7, 11) is -3.77. The third-order valence-electron chi connectivity index (χ3n) is 5.32. The number of rotatable bonds is 6. The van der Waals surface area contributed by atoms with Crippen molar-refractivity contribution >= 4 is 49.0 Å². The Kier molecular flexibility index (Phi) is 6.67. The van der Waals surface area contributed by atoms with E-state index in [0.717, 1.165) is 16.7 Å². The average Bonchev–Trinajstić information content (AvgIpc) is 3.11. The summed E-state index contributed by atoms with van der Waals surface area (Å²) in [6.07, 6.45) is 0.738. The van der Waals surface area contributed by atoms with Crippen molar-refractivity contribution in [2.24, 2.45) is 0 Å². The van der Waals surface area contributed by atoms with Crippen LogP contribution in [0.25, 0.3) is 0 Å². The van der Waals surface area contributed by atoms with Crippen LogP contribution in [0.4, 0.5) is 11.4 Å². The highest BCUT2D eigenvalue weighted by atomic mass is 79.9. The highest BCUT2D eigenvalue weighted by Gasteiger charge is 2.32. The maximum atomic E-state index is 13.1. The van der Waals surface area contributed by atoms with Crippen molar-refractivity contribution in [2.75, 3.05) is 22.5 Å². The Labute approximate surface area is 185 Å². The van der Waals surface area contributed by atoms with E-state index in [2.05, 4.69) is 21.2 Å². The molecule has 3 rings (SSSR count). The standard InChI is InChI=1S/C22H25BrN2O4S/c1-4-21(27)25-9-7-16-12-17(23)13-19(22(16)25)30(28,29)10-8-20(26)24-18-6-5-14(2)15(3)11-18/h5-6,11-13H,4,7-10H2,1-3H3,(H,24,26). The van der Waals surface area contributed by atoms with Gasteiger partial charge in [-0.1, -0.05) is 28.9 Å². The highest BCUT2D eigenvalue weighted by Crippen LogP contribution is 2.38. The molecule has 30 heavy (non-hydrogen) atoms. The lowest BCUT2D eigenvalue weighted by Gasteiger charge is -2.20. The number of nitrogens with zero attached hydrogens (tertiary/aromatic N) is 1. The predicted octanol–water partition coefficient (Wildman–Crippen LogP) is 4.17. The molecule has 160 valence electrons. The second-order valence-corrected chi connectivity index (χ2v) is 10.5. The number of fused-ring (bicyclic) bond motifs is 1. The van der Waals surface area contributed by atoms with Crippen molar-refractivity contribution in [1.82, 2.24) is 0 Å². The van der Waals surface area contributed by atoms with E-state index in [0.29, 0.717) is 35.2 Å². The Hall–Kier alpha value is -2.19. The number of hydrogen-bond donors (Lipinski definition) is 1. The number of benzene rings is 2. The topological polar surface area (TPSA) is 83.6 Å². The Morgan fingerprint density at radius 1 is 1.13 bits per heavy atom. The Morgan fingerprint density at radius 3 is 2.53 bits per heavy atom. The van der Waals surface area contributed by atoms with Gasteiger partial charge in [-0.15, -0.1) is 0 Å². The molecular formula is C22H25BrN2O4S. The first-order chi connectivity index (χ1) is 14.1. The average molecular weight is 493 g/mol. The second-order valence-electron chi connectivity index (χ2n) is 7.48. The lowest BCUT2D eigenvalue weighted by molar-refractivity contribution is -0.118. The van der Waals surface area contributed by atoms with Crippen LogP contribution in [-0.2, 0) is 25.8 Å². The molecule has 0 aromatic heterocycles. The van der Waals surface area contributed by atoms with Crippen LogP contribution in [0.5, 0.6) is 0 Å². The summed E-state index contributed by atoms with van der Waals surface area (Å²) in [5.74, 6) is -0.809. The van der Waals surface area contributed by atoms with Gasteiger partial charge in [-0.25, -0.2) is 8.42 Å². The van der Waals surface area contributed by atoms with Crippen molar-refractivity contribution in [2.45, 2.75) is 44.9 Å². The zero-order chi connectivity index (χ0) is 22.1. The molecule has 1 aliphatic rings. The van der Waals surface area contributed by atoms with Crippen molar-refractivity contribution in [3.8, 4) is 0 Å². The molecule has 1 N–H and O–H groups in total. The molecule has 2 amide bonds. The molecule has 0 aliphatic carbocycles. The fourth-order valence-corrected chi connectivity index (χ4v) is 5.70. The van der Waals surface area contributed by atoms with Gasteiger partial charge in [-0.3, -0.25) is 9.59 Å². The van der Waals surface area contributed by atoms with E-state index in [4.69, 9.17) is 0 Å². The van der Waals surface area contributed by atoms with E-state index in [9.17, 15) is 18.0 Å². The van der Waals surface area contributed by atoms with Crippen molar-refractivity contribution in [1.29, 1.82) is 0 Å². The summed E-state index contributed by atoms with van der Waals surface area (Å²) < 4.78 is 26.9. The minimum absolute atomic E-state index is 0.102. The second kappa shape index (κ2) is 8.89. The predicted molar refractivity (Wildman–Crippen MR) is 122 cm³/mol. The van der Waals surface area contributed by atoms with Crippen molar-refractivity contribution in [3.05, 3.63) is 51.5 Å². The molecular weight excluding hydrogens is 468 g/mol. The molecule has 0 fully saturated rings. The van der Waals surface area contributed by atoms with E-state index in [-0.39, 0.29) is 28.9 Å². The van der Waals surface area contributed by atoms with Crippen LogP contribution in [0, 0.1) is 13.8 Å². The van der Waals surface area contributed by atoms with Crippen LogP contribution in [-0.4, -0.2) is 32.5 Å². The van der Waals surface area contributed by atoms with Crippen molar-refractivity contribution < 1.29 is 18.0 Å².